The highest BCUT2D eigenvalue weighted by Crippen LogP contribution is 2.27. The largest absolute Gasteiger partial charge is 0.497 e. The van der Waals surface area contributed by atoms with E-state index in [1.54, 1.807) is 7.11 Å². The normalized spacial score (nSPS) is 10.8. The molecule has 0 unspecified atom stereocenters. The number of ether oxygens (including phenoxy) is 2. The molecule has 0 radical (unpaired) electrons. The monoisotopic (exact) mass is 332 g/mol. The van der Waals surface area contributed by atoms with Gasteiger partial charge in [-0.05, 0) is 41.1 Å². The Balaban J connectivity index is 1.53. The molecule has 3 aromatic carbocycles. The summed E-state index contributed by atoms with van der Waals surface area (Å²) in [6.45, 7) is 0.237. The highest BCUT2D eigenvalue weighted by atomic mass is 16.5. The lowest BCUT2D eigenvalue weighted by atomic mass is 10.0. The average Bonchev–Trinajstić information content (AvgIpc) is 3.15. The molecule has 4 aromatic rings. The van der Waals surface area contributed by atoms with E-state index in [1.165, 1.54) is 0 Å². The van der Waals surface area contributed by atoms with Crippen LogP contribution in [0.3, 0.4) is 0 Å². The van der Waals surface area contributed by atoms with Crippen molar-refractivity contribution in [1.29, 1.82) is 0 Å². The second kappa shape index (κ2) is 6.65. The molecular weight excluding hydrogens is 316 g/mol. The van der Waals surface area contributed by atoms with E-state index in [2.05, 4.69) is 22.3 Å². The first-order valence-electron chi connectivity index (χ1n) is 7.91. The molecule has 0 aliphatic rings. The fourth-order valence-corrected chi connectivity index (χ4v) is 2.65. The maximum Gasteiger partial charge on any atom is 0.258 e. The van der Waals surface area contributed by atoms with Gasteiger partial charge in [0.15, 0.2) is 6.61 Å². The molecule has 1 aromatic heterocycles. The van der Waals surface area contributed by atoms with Gasteiger partial charge in [0, 0.05) is 5.56 Å². The van der Waals surface area contributed by atoms with Gasteiger partial charge in [0.25, 0.3) is 5.89 Å². The van der Waals surface area contributed by atoms with E-state index in [9.17, 15) is 0 Å². The fraction of sp³-hybridized carbons (Fsp3) is 0.100. The van der Waals surface area contributed by atoms with Gasteiger partial charge >= 0.3 is 0 Å². The Morgan fingerprint density at radius 3 is 2.48 bits per heavy atom. The Hall–Kier alpha value is -3.34. The number of benzene rings is 3. The summed E-state index contributed by atoms with van der Waals surface area (Å²) in [5, 5.41) is 6.23. The van der Waals surface area contributed by atoms with Crippen molar-refractivity contribution in [2.75, 3.05) is 7.11 Å². The summed E-state index contributed by atoms with van der Waals surface area (Å²) in [7, 11) is 1.63. The van der Waals surface area contributed by atoms with Crippen LogP contribution in [0.5, 0.6) is 11.5 Å². The van der Waals surface area contributed by atoms with Crippen LogP contribution < -0.4 is 9.47 Å². The molecule has 0 saturated heterocycles. The Morgan fingerprint density at radius 1 is 0.880 bits per heavy atom. The van der Waals surface area contributed by atoms with Gasteiger partial charge in [0.1, 0.15) is 11.5 Å². The van der Waals surface area contributed by atoms with Gasteiger partial charge in [-0.3, -0.25) is 0 Å². The molecule has 0 atom stereocenters. The van der Waals surface area contributed by atoms with Crippen LogP contribution in [0.4, 0.5) is 0 Å². The molecule has 0 saturated carbocycles. The summed E-state index contributed by atoms with van der Waals surface area (Å²) in [5.74, 6) is 2.49. The third kappa shape index (κ3) is 3.17. The lowest BCUT2D eigenvalue weighted by molar-refractivity contribution is 0.286. The number of fused-ring (bicyclic) bond motifs is 1. The second-order valence-corrected chi connectivity index (χ2v) is 5.51. The van der Waals surface area contributed by atoms with E-state index in [1.807, 2.05) is 54.6 Å². The predicted molar refractivity (Wildman–Crippen MR) is 94.6 cm³/mol. The van der Waals surface area contributed by atoms with Gasteiger partial charge in [-0.15, -0.1) is 0 Å². The van der Waals surface area contributed by atoms with Crippen LogP contribution in [-0.4, -0.2) is 17.3 Å². The van der Waals surface area contributed by atoms with Gasteiger partial charge in [-0.1, -0.05) is 41.6 Å². The van der Waals surface area contributed by atoms with Crippen LogP contribution in [0.2, 0.25) is 0 Å². The van der Waals surface area contributed by atoms with Crippen LogP contribution in [0, 0.1) is 0 Å². The summed E-state index contributed by atoms with van der Waals surface area (Å²) in [6.07, 6.45) is 0. The standard InChI is InChI=1S/C20H16N2O3/c1-23-15-9-11-16(12-10-15)24-13-19-21-20(25-22-19)18-8-4-6-14-5-2-3-7-17(14)18/h2-12H,13H2,1H3. The van der Waals surface area contributed by atoms with Crippen molar-refractivity contribution in [3.8, 4) is 23.0 Å². The quantitative estimate of drug-likeness (QED) is 0.539. The Kier molecular flexibility index (Phi) is 4.04. The van der Waals surface area contributed by atoms with Crippen molar-refractivity contribution in [3.63, 3.8) is 0 Å². The number of methoxy groups -OCH3 is 1. The van der Waals surface area contributed by atoms with Crippen LogP contribution in [-0.2, 0) is 6.61 Å². The first-order valence-corrected chi connectivity index (χ1v) is 7.91. The van der Waals surface area contributed by atoms with E-state index in [-0.39, 0.29) is 6.61 Å². The van der Waals surface area contributed by atoms with Crippen LogP contribution >= 0.6 is 0 Å². The van der Waals surface area contributed by atoms with Crippen LogP contribution in [0.15, 0.2) is 71.3 Å². The van der Waals surface area contributed by atoms with Gasteiger partial charge < -0.3 is 14.0 Å². The predicted octanol–water partition coefficient (Wildman–Crippen LogP) is 4.48. The van der Waals surface area contributed by atoms with Crippen molar-refractivity contribution < 1.29 is 14.0 Å². The van der Waals surface area contributed by atoms with Gasteiger partial charge in [0.05, 0.1) is 7.11 Å². The van der Waals surface area contributed by atoms with E-state index in [0.717, 1.165) is 27.8 Å². The highest BCUT2D eigenvalue weighted by molar-refractivity contribution is 5.94. The zero-order chi connectivity index (χ0) is 17.1. The maximum atomic E-state index is 5.69. The molecule has 5 heteroatoms. The molecule has 0 spiro atoms. The molecule has 25 heavy (non-hydrogen) atoms. The minimum Gasteiger partial charge on any atom is -0.497 e. The molecule has 5 nitrogen and oxygen atoms in total. The summed E-state index contributed by atoms with van der Waals surface area (Å²) < 4.78 is 16.2. The zero-order valence-corrected chi connectivity index (χ0v) is 13.7. The highest BCUT2D eigenvalue weighted by Gasteiger charge is 2.12. The number of aromatic nitrogens is 2. The lowest BCUT2D eigenvalue weighted by Crippen LogP contribution is -1.97. The number of rotatable bonds is 5. The summed E-state index contributed by atoms with van der Waals surface area (Å²) in [4.78, 5) is 4.45. The number of hydrogen-bond acceptors (Lipinski definition) is 5. The topological polar surface area (TPSA) is 57.4 Å². The van der Waals surface area contributed by atoms with Crippen molar-refractivity contribution in [1.82, 2.24) is 10.1 Å². The molecule has 1 heterocycles. The lowest BCUT2D eigenvalue weighted by Gasteiger charge is -2.04. The minimum absolute atomic E-state index is 0.237. The fourth-order valence-electron chi connectivity index (χ4n) is 2.65. The third-order valence-electron chi connectivity index (χ3n) is 3.92. The molecule has 4 rings (SSSR count). The van der Waals surface area contributed by atoms with Crippen molar-refractivity contribution in [2.24, 2.45) is 0 Å². The van der Waals surface area contributed by atoms with Gasteiger partial charge in [-0.2, -0.15) is 4.98 Å². The SMILES string of the molecule is COc1ccc(OCc2noc(-c3cccc4ccccc34)n2)cc1. The zero-order valence-electron chi connectivity index (χ0n) is 13.7. The minimum atomic E-state index is 0.237. The Labute approximate surface area is 144 Å². The summed E-state index contributed by atoms with van der Waals surface area (Å²) >= 11 is 0. The van der Waals surface area contributed by atoms with E-state index >= 15 is 0 Å². The first kappa shape index (κ1) is 15.2. The molecular formula is C20H16N2O3. The van der Waals surface area contributed by atoms with Crippen molar-refractivity contribution >= 4 is 10.8 Å². The van der Waals surface area contributed by atoms with Crippen LogP contribution in [0.25, 0.3) is 22.2 Å². The molecule has 0 bridgehead atoms. The summed E-state index contributed by atoms with van der Waals surface area (Å²) in [5.41, 5.74) is 0.918. The smallest absolute Gasteiger partial charge is 0.258 e. The van der Waals surface area contributed by atoms with E-state index in [4.69, 9.17) is 14.0 Å². The van der Waals surface area contributed by atoms with Crippen molar-refractivity contribution in [2.45, 2.75) is 6.61 Å². The molecule has 124 valence electrons. The molecule has 0 aliphatic carbocycles. The second-order valence-electron chi connectivity index (χ2n) is 5.51. The first-order chi connectivity index (χ1) is 12.3. The molecule has 0 amide bonds. The van der Waals surface area contributed by atoms with E-state index < -0.39 is 0 Å². The Bertz CT molecular complexity index is 988. The van der Waals surface area contributed by atoms with Crippen molar-refractivity contribution in [3.05, 3.63) is 72.6 Å². The van der Waals surface area contributed by atoms with Gasteiger partial charge in [-0.25, -0.2) is 0 Å². The Morgan fingerprint density at radius 2 is 1.64 bits per heavy atom. The van der Waals surface area contributed by atoms with Crippen LogP contribution in [0.1, 0.15) is 5.82 Å². The van der Waals surface area contributed by atoms with Gasteiger partial charge in [0.2, 0.25) is 5.82 Å². The van der Waals surface area contributed by atoms with E-state index in [0.29, 0.717) is 11.7 Å². The molecule has 0 aliphatic heterocycles. The molecule has 0 N–H and O–H groups in total. The molecule has 0 fully saturated rings. The number of hydrogen-bond donors (Lipinski definition) is 0. The number of nitrogens with zero attached hydrogens (tertiary/aromatic N) is 2. The average molecular weight is 332 g/mol. The third-order valence-corrected chi connectivity index (χ3v) is 3.92. The maximum absolute atomic E-state index is 5.69. The summed E-state index contributed by atoms with van der Waals surface area (Å²) in [6, 6.07) is 21.5.